The molecule has 1 saturated carbocycles. The van der Waals surface area contributed by atoms with Gasteiger partial charge in [0.2, 0.25) is 0 Å². The van der Waals surface area contributed by atoms with E-state index in [1.165, 1.54) is 17.1 Å². The molecule has 0 aromatic carbocycles. The first-order valence-corrected chi connectivity index (χ1v) is 6.94. The average molecular weight is 281 g/mol. The summed E-state index contributed by atoms with van der Waals surface area (Å²) < 4.78 is 7.15. The number of unbranched alkanes of at least 4 members (excludes halogenated alkanes) is 1. The Bertz CT molecular complexity index is 486. The van der Waals surface area contributed by atoms with E-state index in [1.807, 2.05) is 0 Å². The Morgan fingerprint density at radius 3 is 3.05 bits per heavy atom. The summed E-state index contributed by atoms with van der Waals surface area (Å²) in [6.45, 7) is 2.79. The Morgan fingerprint density at radius 1 is 1.60 bits per heavy atom. The second kappa shape index (κ2) is 6.60. The maximum atomic E-state index is 12.0. The van der Waals surface area contributed by atoms with Crippen LogP contribution in [0.5, 0.6) is 0 Å². The first-order valence-electron chi connectivity index (χ1n) is 6.94. The van der Waals surface area contributed by atoms with Crippen LogP contribution in [-0.2, 0) is 9.53 Å². The molecule has 0 amide bonds. The first kappa shape index (κ1) is 14.6. The van der Waals surface area contributed by atoms with E-state index in [1.54, 1.807) is 0 Å². The van der Waals surface area contributed by atoms with Crippen LogP contribution in [0.4, 0.5) is 5.69 Å². The predicted octanol–water partition coefficient (Wildman–Crippen LogP) is 2.27. The van der Waals surface area contributed by atoms with Crippen molar-refractivity contribution in [3.8, 4) is 0 Å². The van der Waals surface area contributed by atoms with E-state index in [9.17, 15) is 14.9 Å². The third-order valence-electron chi connectivity index (χ3n) is 3.54. The third kappa shape index (κ3) is 3.41. The van der Waals surface area contributed by atoms with Gasteiger partial charge in [0.15, 0.2) is 5.78 Å². The van der Waals surface area contributed by atoms with Gasteiger partial charge in [0.25, 0.3) is 0 Å². The van der Waals surface area contributed by atoms with Gasteiger partial charge < -0.3 is 4.74 Å². The second-order valence-electron chi connectivity index (χ2n) is 5.04. The number of rotatable bonds is 6. The fourth-order valence-electron chi connectivity index (χ4n) is 2.36. The fourth-order valence-corrected chi connectivity index (χ4v) is 2.36. The molecule has 0 radical (unpaired) electrons. The third-order valence-corrected chi connectivity index (χ3v) is 3.54. The van der Waals surface area contributed by atoms with Gasteiger partial charge in [-0.3, -0.25) is 19.6 Å². The number of nitro groups is 1. The van der Waals surface area contributed by atoms with Gasteiger partial charge in [0.05, 0.1) is 11.0 Å². The molecule has 1 aromatic heterocycles. The van der Waals surface area contributed by atoms with Crippen LogP contribution in [0.25, 0.3) is 0 Å². The monoisotopic (exact) mass is 281 g/mol. The van der Waals surface area contributed by atoms with Crippen LogP contribution in [0.2, 0.25) is 0 Å². The van der Waals surface area contributed by atoms with E-state index in [2.05, 4.69) is 12.0 Å². The molecule has 2 unspecified atom stereocenters. The highest BCUT2D eigenvalue weighted by Gasteiger charge is 2.31. The number of ketones is 1. The van der Waals surface area contributed by atoms with Crippen molar-refractivity contribution in [3.05, 3.63) is 22.5 Å². The van der Waals surface area contributed by atoms with Gasteiger partial charge in [-0.05, 0) is 12.8 Å². The Hall–Kier alpha value is -1.76. The standard InChI is InChI=1S/C13H19N3O4/c1-2-3-6-20-11-4-5-13(17)12(7-11)15-9-10(8-14-15)16(18)19/h8-9,11-12H,2-7H2,1H3. The lowest BCUT2D eigenvalue weighted by Crippen LogP contribution is -2.32. The fraction of sp³-hybridized carbons (Fsp3) is 0.692. The lowest BCUT2D eigenvalue weighted by atomic mass is 9.91. The Balaban J connectivity index is 2.00. The van der Waals surface area contributed by atoms with Gasteiger partial charge in [-0.15, -0.1) is 0 Å². The van der Waals surface area contributed by atoms with Crippen molar-refractivity contribution in [2.45, 2.75) is 51.2 Å². The first-order chi connectivity index (χ1) is 9.61. The zero-order chi connectivity index (χ0) is 14.5. The van der Waals surface area contributed by atoms with Crippen molar-refractivity contribution in [3.63, 3.8) is 0 Å². The lowest BCUT2D eigenvalue weighted by molar-refractivity contribution is -0.385. The molecule has 1 heterocycles. The van der Waals surface area contributed by atoms with Crippen molar-refractivity contribution in [1.29, 1.82) is 0 Å². The average Bonchev–Trinajstić information content (AvgIpc) is 2.90. The van der Waals surface area contributed by atoms with Gasteiger partial charge >= 0.3 is 5.69 Å². The maximum absolute atomic E-state index is 12.0. The van der Waals surface area contributed by atoms with Gasteiger partial charge in [-0.1, -0.05) is 13.3 Å². The Labute approximate surface area is 117 Å². The molecule has 2 rings (SSSR count). The SMILES string of the molecule is CCCCOC1CCC(=O)C(n2cc([N+](=O)[O-])cn2)C1. The molecule has 0 bridgehead atoms. The summed E-state index contributed by atoms with van der Waals surface area (Å²) in [5, 5.41) is 14.6. The molecule has 7 heteroatoms. The molecule has 1 fully saturated rings. The van der Waals surface area contributed by atoms with Crippen molar-refractivity contribution < 1.29 is 14.5 Å². The van der Waals surface area contributed by atoms with Gasteiger partial charge in [0, 0.05) is 19.4 Å². The minimum absolute atomic E-state index is 0.0347. The summed E-state index contributed by atoms with van der Waals surface area (Å²) in [4.78, 5) is 22.1. The molecule has 0 N–H and O–H groups in total. The highest BCUT2D eigenvalue weighted by Crippen LogP contribution is 2.28. The predicted molar refractivity (Wildman–Crippen MR) is 71.4 cm³/mol. The molecule has 0 saturated heterocycles. The number of hydrogen-bond donors (Lipinski definition) is 0. The maximum Gasteiger partial charge on any atom is 0.307 e. The molecule has 110 valence electrons. The molecule has 0 aliphatic heterocycles. The smallest absolute Gasteiger partial charge is 0.307 e. The summed E-state index contributed by atoms with van der Waals surface area (Å²) in [5.74, 6) is 0.0679. The highest BCUT2D eigenvalue weighted by atomic mass is 16.6. The Kier molecular flexibility index (Phi) is 4.84. The van der Waals surface area contributed by atoms with E-state index in [0.29, 0.717) is 19.4 Å². The number of Topliss-reactive ketones (excluding diaryl/α,β-unsaturated/α-hetero) is 1. The minimum atomic E-state index is -0.508. The highest BCUT2D eigenvalue weighted by molar-refractivity contribution is 5.83. The van der Waals surface area contributed by atoms with E-state index in [0.717, 1.165) is 19.3 Å². The van der Waals surface area contributed by atoms with Crippen molar-refractivity contribution >= 4 is 11.5 Å². The molecule has 1 aliphatic rings. The Morgan fingerprint density at radius 2 is 2.40 bits per heavy atom. The van der Waals surface area contributed by atoms with E-state index in [-0.39, 0.29) is 17.6 Å². The van der Waals surface area contributed by atoms with Crippen LogP contribution < -0.4 is 0 Å². The van der Waals surface area contributed by atoms with Gasteiger partial charge in [0.1, 0.15) is 18.4 Å². The number of carbonyl (C=O) groups is 1. The molecule has 2 atom stereocenters. The summed E-state index contributed by atoms with van der Waals surface area (Å²) in [6, 6.07) is -0.441. The van der Waals surface area contributed by atoms with E-state index < -0.39 is 11.0 Å². The molecule has 0 spiro atoms. The van der Waals surface area contributed by atoms with Gasteiger partial charge in [-0.25, -0.2) is 0 Å². The zero-order valence-electron chi connectivity index (χ0n) is 11.5. The number of nitrogens with zero attached hydrogens (tertiary/aromatic N) is 3. The summed E-state index contributed by atoms with van der Waals surface area (Å²) in [6.07, 6.45) is 6.31. The molecular weight excluding hydrogens is 262 g/mol. The second-order valence-corrected chi connectivity index (χ2v) is 5.04. The van der Waals surface area contributed by atoms with Crippen molar-refractivity contribution in [1.82, 2.24) is 9.78 Å². The van der Waals surface area contributed by atoms with Crippen LogP contribution in [-0.4, -0.2) is 33.2 Å². The van der Waals surface area contributed by atoms with Gasteiger partial charge in [-0.2, -0.15) is 5.10 Å². The number of aromatic nitrogens is 2. The quantitative estimate of drug-likeness (QED) is 0.453. The molecular formula is C13H19N3O4. The van der Waals surface area contributed by atoms with Crippen LogP contribution in [0.15, 0.2) is 12.4 Å². The summed E-state index contributed by atoms with van der Waals surface area (Å²) in [7, 11) is 0. The number of hydrogen-bond acceptors (Lipinski definition) is 5. The molecule has 1 aromatic rings. The summed E-state index contributed by atoms with van der Waals surface area (Å²) in [5.41, 5.74) is -0.0909. The molecule has 20 heavy (non-hydrogen) atoms. The normalized spacial score (nSPS) is 22.9. The number of ether oxygens (including phenoxy) is 1. The molecule has 1 aliphatic carbocycles. The minimum Gasteiger partial charge on any atom is -0.378 e. The summed E-state index contributed by atoms with van der Waals surface area (Å²) >= 11 is 0. The van der Waals surface area contributed by atoms with Crippen LogP contribution in [0.1, 0.15) is 45.1 Å². The van der Waals surface area contributed by atoms with Crippen LogP contribution in [0, 0.1) is 10.1 Å². The lowest BCUT2D eigenvalue weighted by Gasteiger charge is -2.28. The topological polar surface area (TPSA) is 87.3 Å². The number of carbonyl (C=O) groups excluding carboxylic acids is 1. The molecule has 7 nitrogen and oxygen atoms in total. The van der Waals surface area contributed by atoms with E-state index >= 15 is 0 Å². The van der Waals surface area contributed by atoms with Crippen molar-refractivity contribution in [2.24, 2.45) is 0 Å². The zero-order valence-corrected chi connectivity index (χ0v) is 11.5. The largest absolute Gasteiger partial charge is 0.378 e. The van der Waals surface area contributed by atoms with Crippen LogP contribution in [0.3, 0.4) is 0 Å². The van der Waals surface area contributed by atoms with Crippen molar-refractivity contribution in [2.75, 3.05) is 6.61 Å². The van der Waals surface area contributed by atoms with E-state index in [4.69, 9.17) is 4.74 Å². The van der Waals surface area contributed by atoms with Crippen LogP contribution >= 0.6 is 0 Å².